The van der Waals surface area contributed by atoms with E-state index >= 15 is 0 Å². The number of nitrogens with zero attached hydrogens (tertiary/aromatic N) is 5. The normalized spacial score (nSPS) is 12.9. The van der Waals surface area contributed by atoms with E-state index in [0.29, 0.717) is 18.3 Å². The smallest absolute Gasteiger partial charge is 0.238 e. The molecule has 2 heterocycles. The lowest BCUT2D eigenvalue weighted by molar-refractivity contribution is 0.362. The molecule has 7 heteroatoms. The van der Waals surface area contributed by atoms with Crippen molar-refractivity contribution in [3.63, 3.8) is 0 Å². The van der Waals surface area contributed by atoms with E-state index in [1.807, 2.05) is 34.6 Å². The quantitative estimate of drug-likeness (QED) is 0.894. The van der Waals surface area contributed by atoms with E-state index in [1.54, 1.807) is 10.9 Å². The Hall–Kier alpha value is -1.76. The maximum absolute atomic E-state index is 5.96. The summed E-state index contributed by atoms with van der Waals surface area (Å²) in [7, 11) is 0. The Bertz CT molecular complexity index is 507. The van der Waals surface area contributed by atoms with Gasteiger partial charge in [0.2, 0.25) is 11.8 Å². The summed E-state index contributed by atoms with van der Waals surface area (Å²) in [5.74, 6) is 1.12. The maximum atomic E-state index is 5.96. The highest BCUT2D eigenvalue weighted by Gasteiger charge is 2.22. The van der Waals surface area contributed by atoms with Gasteiger partial charge < -0.3 is 10.2 Å². The fourth-order valence-corrected chi connectivity index (χ4v) is 1.43. The first-order chi connectivity index (χ1) is 8.66. The highest BCUT2D eigenvalue weighted by molar-refractivity contribution is 5.06. The Morgan fingerprint density at radius 2 is 1.84 bits per heavy atom. The monoisotopic (exact) mass is 264 g/mol. The van der Waals surface area contributed by atoms with Gasteiger partial charge in [-0.25, -0.2) is 4.68 Å². The van der Waals surface area contributed by atoms with Crippen LogP contribution in [0.25, 0.3) is 0 Å². The molecular weight excluding hydrogens is 244 g/mol. The summed E-state index contributed by atoms with van der Waals surface area (Å²) in [6.07, 6.45) is 1.79. The van der Waals surface area contributed by atoms with E-state index in [0.717, 1.165) is 5.69 Å². The van der Waals surface area contributed by atoms with Crippen LogP contribution in [-0.2, 0) is 17.5 Å². The van der Waals surface area contributed by atoms with Crippen LogP contribution in [0.5, 0.6) is 0 Å². The second-order valence-corrected chi connectivity index (χ2v) is 6.27. The SMILES string of the molecule is CC(C)(C)c1nnc(Cn2cc(C(C)(C)N)nn2)o1. The molecule has 0 aliphatic heterocycles. The van der Waals surface area contributed by atoms with Crippen LogP contribution in [0.1, 0.15) is 52.1 Å². The third-order valence-electron chi connectivity index (χ3n) is 2.60. The number of hydrogen-bond acceptors (Lipinski definition) is 6. The molecule has 0 bridgehead atoms. The van der Waals surface area contributed by atoms with Crippen LogP contribution < -0.4 is 5.73 Å². The molecule has 0 aromatic carbocycles. The topological polar surface area (TPSA) is 95.7 Å². The van der Waals surface area contributed by atoms with Gasteiger partial charge in [0.15, 0.2) is 0 Å². The third-order valence-corrected chi connectivity index (χ3v) is 2.60. The fraction of sp³-hybridized carbons (Fsp3) is 0.667. The summed E-state index contributed by atoms with van der Waals surface area (Å²) in [5, 5.41) is 16.1. The van der Waals surface area contributed by atoms with Crippen LogP contribution in [0.3, 0.4) is 0 Å². The van der Waals surface area contributed by atoms with Crippen LogP contribution >= 0.6 is 0 Å². The number of nitrogens with two attached hydrogens (primary N) is 1. The van der Waals surface area contributed by atoms with Crippen molar-refractivity contribution in [2.24, 2.45) is 5.73 Å². The van der Waals surface area contributed by atoms with E-state index in [1.165, 1.54) is 0 Å². The zero-order chi connectivity index (χ0) is 14.3. The Kier molecular flexibility index (Phi) is 3.17. The van der Waals surface area contributed by atoms with Gasteiger partial charge >= 0.3 is 0 Å². The Balaban J connectivity index is 2.14. The highest BCUT2D eigenvalue weighted by atomic mass is 16.4. The number of aromatic nitrogens is 5. The predicted molar refractivity (Wildman–Crippen MR) is 69.3 cm³/mol. The van der Waals surface area contributed by atoms with Gasteiger partial charge in [0.05, 0.1) is 11.7 Å². The predicted octanol–water partition coefficient (Wildman–Crippen LogP) is 1.20. The van der Waals surface area contributed by atoms with Gasteiger partial charge in [-0.15, -0.1) is 15.3 Å². The molecule has 2 N–H and O–H groups in total. The Morgan fingerprint density at radius 3 is 2.32 bits per heavy atom. The molecule has 0 saturated carbocycles. The van der Waals surface area contributed by atoms with Gasteiger partial charge in [-0.3, -0.25) is 0 Å². The van der Waals surface area contributed by atoms with Crippen molar-refractivity contribution in [1.82, 2.24) is 25.2 Å². The molecule has 19 heavy (non-hydrogen) atoms. The van der Waals surface area contributed by atoms with Crippen LogP contribution in [0, 0.1) is 0 Å². The number of hydrogen-bond donors (Lipinski definition) is 1. The van der Waals surface area contributed by atoms with Crippen LogP contribution in [0.15, 0.2) is 10.6 Å². The second kappa shape index (κ2) is 4.41. The van der Waals surface area contributed by atoms with Crippen molar-refractivity contribution >= 4 is 0 Å². The van der Waals surface area contributed by atoms with E-state index in [4.69, 9.17) is 10.2 Å². The van der Waals surface area contributed by atoms with Crippen molar-refractivity contribution in [3.05, 3.63) is 23.7 Å². The van der Waals surface area contributed by atoms with Gasteiger partial charge in [0.25, 0.3) is 0 Å². The van der Waals surface area contributed by atoms with E-state index in [2.05, 4.69) is 20.5 Å². The van der Waals surface area contributed by atoms with Gasteiger partial charge in [-0.05, 0) is 13.8 Å². The van der Waals surface area contributed by atoms with Crippen molar-refractivity contribution < 1.29 is 4.42 Å². The van der Waals surface area contributed by atoms with Gasteiger partial charge in [0.1, 0.15) is 12.2 Å². The molecule has 0 aliphatic rings. The zero-order valence-electron chi connectivity index (χ0n) is 12.0. The minimum atomic E-state index is -0.510. The average molecular weight is 264 g/mol. The van der Waals surface area contributed by atoms with Crippen molar-refractivity contribution in [1.29, 1.82) is 0 Å². The molecule has 0 unspecified atom stereocenters. The van der Waals surface area contributed by atoms with Crippen LogP contribution in [0.2, 0.25) is 0 Å². The zero-order valence-corrected chi connectivity index (χ0v) is 12.0. The summed E-state index contributed by atoms with van der Waals surface area (Å²) < 4.78 is 7.25. The van der Waals surface area contributed by atoms with E-state index in [9.17, 15) is 0 Å². The van der Waals surface area contributed by atoms with Gasteiger partial charge in [-0.1, -0.05) is 26.0 Å². The largest absolute Gasteiger partial charge is 0.423 e. The molecule has 0 saturated heterocycles. The van der Waals surface area contributed by atoms with Crippen molar-refractivity contribution in [2.75, 3.05) is 0 Å². The van der Waals surface area contributed by atoms with Crippen LogP contribution in [0.4, 0.5) is 0 Å². The average Bonchev–Trinajstić information content (AvgIpc) is 2.84. The summed E-state index contributed by atoms with van der Waals surface area (Å²) in [5.41, 5.74) is 6.02. The summed E-state index contributed by atoms with van der Waals surface area (Å²) in [4.78, 5) is 0. The Labute approximate surface area is 112 Å². The van der Waals surface area contributed by atoms with Crippen LogP contribution in [-0.4, -0.2) is 25.2 Å². The summed E-state index contributed by atoms with van der Waals surface area (Å²) in [6, 6.07) is 0. The van der Waals surface area contributed by atoms with Gasteiger partial charge in [0, 0.05) is 5.41 Å². The second-order valence-electron chi connectivity index (χ2n) is 6.27. The molecule has 0 amide bonds. The molecule has 2 aromatic heterocycles. The third kappa shape index (κ3) is 3.17. The summed E-state index contributed by atoms with van der Waals surface area (Å²) in [6.45, 7) is 10.2. The molecule has 104 valence electrons. The minimum absolute atomic E-state index is 0.155. The van der Waals surface area contributed by atoms with Crippen molar-refractivity contribution in [3.8, 4) is 0 Å². The summed E-state index contributed by atoms with van der Waals surface area (Å²) >= 11 is 0. The molecule has 7 nitrogen and oxygen atoms in total. The first-order valence-electron chi connectivity index (χ1n) is 6.18. The fourth-order valence-electron chi connectivity index (χ4n) is 1.43. The molecule has 0 spiro atoms. The molecule has 0 fully saturated rings. The van der Waals surface area contributed by atoms with Crippen molar-refractivity contribution in [2.45, 2.75) is 52.1 Å². The maximum Gasteiger partial charge on any atom is 0.238 e. The molecular formula is C12H20N6O. The minimum Gasteiger partial charge on any atom is -0.423 e. The van der Waals surface area contributed by atoms with E-state index < -0.39 is 5.54 Å². The standard InChI is InChI=1S/C12H20N6O/c1-11(2,3)10-16-15-9(19-10)7-18-6-8(14-17-18)12(4,5)13/h6H,7,13H2,1-5H3. The molecule has 0 aliphatic carbocycles. The highest BCUT2D eigenvalue weighted by Crippen LogP contribution is 2.20. The molecule has 2 aromatic rings. The lowest BCUT2D eigenvalue weighted by Gasteiger charge is -2.13. The van der Waals surface area contributed by atoms with E-state index in [-0.39, 0.29) is 5.41 Å². The molecule has 0 atom stereocenters. The molecule has 0 radical (unpaired) electrons. The molecule has 2 rings (SSSR count). The Morgan fingerprint density at radius 1 is 1.16 bits per heavy atom. The lowest BCUT2D eigenvalue weighted by Crippen LogP contribution is -2.29. The number of rotatable bonds is 3. The first kappa shape index (κ1) is 13.7. The lowest BCUT2D eigenvalue weighted by atomic mass is 9.97. The first-order valence-corrected chi connectivity index (χ1v) is 6.18. The van der Waals surface area contributed by atoms with Gasteiger partial charge in [-0.2, -0.15) is 0 Å².